The van der Waals surface area contributed by atoms with Crippen molar-refractivity contribution in [1.82, 2.24) is 9.21 Å². The van der Waals surface area contributed by atoms with Gasteiger partial charge in [-0.05, 0) is 44.0 Å². The molecule has 0 unspecified atom stereocenters. The van der Waals surface area contributed by atoms with Crippen LogP contribution in [-0.2, 0) is 14.8 Å². The Morgan fingerprint density at radius 1 is 0.966 bits per heavy atom. The molecular weight excluding hydrogens is 390 g/mol. The van der Waals surface area contributed by atoms with Gasteiger partial charge in [-0.15, -0.1) is 0 Å². The lowest BCUT2D eigenvalue weighted by Crippen LogP contribution is -2.49. The van der Waals surface area contributed by atoms with Crippen LogP contribution in [0.3, 0.4) is 0 Å². The fourth-order valence-corrected chi connectivity index (χ4v) is 4.52. The number of sulfonamides is 1. The smallest absolute Gasteiger partial charge is 0.324 e. The van der Waals surface area contributed by atoms with Crippen molar-refractivity contribution in [3.05, 3.63) is 60.2 Å². The predicted molar refractivity (Wildman–Crippen MR) is 111 cm³/mol. The monoisotopic (exact) mass is 415 g/mol. The number of para-hydroxylation sites is 1. The summed E-state index contributed by atoms with van der Waals surface area (Å²) in [4.78, 5) is 28.7. The quantitative estimate of drug-likeness (QED) is 0.752. The zero-order chi connectivity index (χ0) is 21.0. The van der Waals surface area contributed by atoms with Gasteiger partial charge in [-0.3, -0.25) is 4.79 Å². The summed E-state index contributed by atoms with van der Waals surface area (Å²) in [6, 6.07) is 14.5. The van der Waals surface area contributed by atoms with Gasteiger partial charge >= 0.3 is 6.03 Å². The minimum Gasteiger partial charge on any atom is -0.324 e. The van der Waals surface area contributed by atoms with Crippen LogP contribution in [-0.4, -0.2) is 56.2 Å². The molecule has 154 valence electrons. The Bertz CT molecular complexity index is 969. The zero-order valence-electron chi connectivity index (χ0n) is 16.6. The second kappa shape index (κ2) is 8.65. The Labute approximate surface area is 171 Å². The molecule has 0 spiro atoms. The topological polar surface area (TPSA) is 78.0 Å². The van der Waals surface area contributed by atoms with E-state index in [1.807, 2.05) is 13.0 Å². The third-order valence-corrected chi connectivity index (χ3v) is 6.73. The third kappa shape index (κ3) is 4.59. The number of amides is 3. The van der Waals surface area contributed by atoms with Crippen molar-refractivity contribution in [3.8, 4) is 0 Å². The number of urea groups is 1. The predicted octanol–water partition coefficient (Wildman–Crippen LogP) is 2.86. The summed E-state index contributed by atoms with van der Waals surface area (Å²) in [7, 11) is -2.61. The van der Waals surface area contributed by atoms with E-state index in [9.17, 15) is 18.0 Å². The van der Waals surface area contributed by atoms with E-state index in [0.717, 1.165) is 18.4 Å². The standard InChI is InChI=1S/C21H25N3O4S/c1-17-10-12-19(13-11-17)29(27,28)24(21(26)23-14-6-7-15-23)16-20(25)22(2)18-8-4-3-5-9-18/h3-5,8-13H,6-7,14-16H2,1-2H3. The average molecular weight is 416 g/mol. The van der Waals surface area contributed by atoms with Gasteiger partial charge in [0.2, 0.25) is 5.91 Å². The van der Waals surface area contributed by atoms with Gasteiger partial charge < -0.3 is 9.80 Å². The van der Waals surface area contributed by atoms with Crippen LogP contribution in [0.5, 0.6) is 0 Å². The number of nitrogens with zero attached hydrogens (tertiary/aromatic N) is 3. The van der Waals surface area contributed by atoms with Crippen molar-refractivity contribution in [2.24, 2.45) is 0 Å². The van der Waals surface area contributed by atoms with Gasteiger partial charge in [0.15, 0.2) is 0 Å². The lowest BCUT2D eigenvalue weighted by molar-refractivity contribution is -0.118. The van der Waals surface area contributed by atoms with E-state index in [1.165, 1.54) is 21.9 Å². The van der Waals surface area contributed by atoms with Crippen molar-refractivity contribution >= 4 is 27.6 Å². The first-order valence-corrected chi connectivity index (χ1v) is 10.9. The summed E-state index contributed by atoms with van der Waals surface area (Å²) in [5.41, 5.74) is 1.53. The van der Waals surface area contributed by atoms with Crippen molar-refractivity contribution in [1.29, 1.82) is 0 Å². The van der Waals surface area contributed by atoms with Crippen LogP contribution in [0.4, 0.5) is 10.5 Å². The van der Waals surface area contributed by atoms with Crippen molar-refractivity contribution in [2.75, 3.05) is 31.6 Å². The minimum absolute atomic E-state index is 0.00851. The largest absolute Gasteiger partial charge is 0.334 e. The zero-order valence-corrected chi connectivity index (χ0v) is 17.4. The molecule has 3 rings (SSSR count). The maximum Gasteiger partial charge on any atom is 0.334 e. The molecule has 1 aliphatic heterocycles. The van der Waals surface area contributed by atoms with Gasteiger partial charge in [0, 0.05) is 25.8 Å². The van der Waals surface area contributed by atoms with Crippen LogP contribution < -0.4 is 4.90 Å². The van der Waals surface area contributed by atoms with Gasteiger partial charge in [-0.25, -0.2) is 17.5 Å². The molecule has 3 amide bonds. The van der Waals surface area contributed by atoms with Gasteiger partial charge in [0.05, 0.1) is 4.90 Å². The highest BCUT2D eigenvalue weighted by molar-refractivity contribution is 7.89. The van der Waals surface area contributed by atoms with Crippen LogP contribution in [0.15, 0.2) is 59.5 Å². The highest BCUT2D eigenvalue weighted by Crippen LogP contribution is 2.21. The number of benzene rings is 2. The molecule has 2 aromatic carbocycles. The second-order valence-electron chi connectivity index (χ2n) is 7.09. The summed E-state index contributed by atoms with van der Waals surface area (Å²) in [5, 5.41) is 0. The lowest BCUT2D eigenvalue weighted by atomic mass is 10.2. The summed E-state index contributed by atoms with van der Waals surface area (Å²) in [6.07, 6.45) is 1.64. The first-order chi connectivity index (χ1) is 13.8. The number of hydrogen-bond acceptors (Lipinski definition) is 4. The van der Waals surface area contributed by atoms with E-state index in [-0.39, 0.29) is 4.90 Å². The highest BCUT2D eigenvalue weighted by atomic mass is 32.2. The van der Waals surface area contributed by atoms with Crippen molar-refractivity contribution in [2.45, 2.75) is 24.7 Å². The molecule has 2 aromatic rings. The number of aryl methyl sites for hydroxylation is 1. The maximum atomic E-state index is 13.2. The van der Waals surface area contributed by atoms with Crippen LogP contribution in [0.2, 0.25) is 0 Å². The Hall–Kier alpha value is -2.87. The average Bonchev–Trinajstić information content (AvgIpc) is 3.26. The lowest BCUT2D eigenvalue weighted by Gasteiger charge is -2.28. The van der Waals surface area contributed by atoms with Gasteiger partial charge in [0.1, 0.15) is 6.54 Å². The third-order valence-electron chi connectivity index (χ3n) is 5.00. The Kier molecular flexibility index (Phi) is 6.22. The highest BCUT2D eigenvalue weighted by Gasteiger charge is 2.36. The molecule has 1 heterocycles. The van der Waals surface area contributed by atoms with Crippen LogP contribution in [0.25, 0.3) is 0 Å². The van der Waals surface area contributed by atoms with E-state index in [0.29, 0.717) is 23.1 Å². The fraction of sp³-hybridized carbons (Fsp3) is 0.333. The number of anilines is 1. The second-order valence-corrected chi connectivity index (χ2v) is 8.95. The minimum atomic E-state index is -4.17. The Morgan fingerprint density at radius 3 is 2.14 bits per heavy atom. The Morgan fingerprint density at radius 2 is 1.55 bits per heavy atom. The SMILES string of the molecule is Cc1ccc(S(=O)(=O)N(CC(=O)N(C)c2ccccc2)C(=O)N2CCCC2)cc1. The number of rotatable bonds is 5. The molecule has 0 N–H and O–H groups in total. The normalized spacial score (nSPS) is 13.9. The summed E-state index contributed by atoms with van der Waals surface area (Å²) < 4.78 is 27.2. The summed E-state index contributed by atoms with van der Waals surface area (Å²) >= 11 is 0. The van der Waals surface area contributed by atoms with E-state index in [2.05, 4.69) is 0 Å². The molecule has 0 saturated carbocycles. The van der Waals surface area contributed by atoms with Crippen LogP contribution in [0.1, 0.15) is 18.4 Å². The molecule has 0 radical (unpaired) electrons. The molecule has 0 bridgehead atoms. The fourth-order valence-electron chi connectivity index (χ4n) is 3.18. The van der Waals surface area contributed by atoms with Gasteiger partial charge in [0.25, 0.3) is 10.0 Å². The first-order valence-electron chi connectivity index (χ1n) is 9.50. The molecule has 1 saturated heterocycles. The first kappa shape index (κ1) is 20.9. The maximum absolute atomic E-state index is 13.2. The number of carbonyl (C=O) groups is 2. The number of likely N-dealkylation sites (tertiary alicyclic amines) is 1. The summed E-state index contributed by atoms with van der Waals surface area (Å²) in [6.45, 7) is 2.27. The van der Waals surface area contributed by atoms with E-state index in [4.69, 9.17) is 0 Å². The molecule has 1 aliphatic rings. The van der Waals surface area contributed by atoms with Gasteiger partial charge in [-0.2, -0.15) is 0 Å². The summed E-state index contributed by atoms with van der Waals surface area (Å²) in [5.74, 6) is -0.487. The molecule has 0 aliphatic carbocycles. The molecule has 8 heteroatoms. The van der Waals surface area contributed by atoms with E-state index < -0.39 is 28.5 Å². The molecule has 29 heavy (non-hydrogen) atoms. The molecule has 7 nitrogen and oxygen atoms in total. The number of carbonyl (C=O) groups excluding carboxylic acids is 2. The number of likely N-dealkylation sites (N-methyl/N-ethyl adjacent to an activating group) is 1. The Balaban J connectivity index is 1.91. The van der Waals surface area contributed by atoms with Gasteiger partial charge in [-0.1, -0.05) is 35.9 Å². The number of hydrogen-bond donors (Lipinski definition) is 0. The molecule has 1 fully saturated rings. The molecule has 0 atom stereocenters. The van der Waals surface area contributed by atoms with Crippen molar-refractivity contribution in [3.63, 3.8) is 0 Å². The molecular formula is C21H25N3O4S. The van der Waals surface area contributed by atoms with Crippen LogP contribution in [0, 0.1) is 6.92 Å². The van der Waals surface area contributed by atoms with Crippen molar-refractivity contribution < 1.29 is 18.0 Å². The van der Waals surface area contributed by atoms with Crippen LogP contribution >= 0.6 is 0 Å². The van der Waals surface area contributed by atoms with E-state index >= 15 is 0 Å². The molecule has 0 aromatic heterocycles. The van der Waals surface area contributed by atoms with E-state index in [1.54, 1.807) is 43.4 Å².